The Morgan fingerprint density at radius 3 is 2.92 bits per heavy atom. The highest BCUT2D eigenvalue weighted by molar-refractivity contribution is 6.03. The molecule has 4 rings (SSSR count). The van der Waals surface area contributed by atoms with Crippen LogP contribution in [0.25, 0.3) is 11.5 Å². The first-order valence-corrected chi connectivity index (χ1v) is 7.77. The number of nitrogens with zero attached hydrogens (tertiary/aromatic N) is 4. The van der Waals surface area contributed by atoms with Crippen LogP contribution in [0.15, 0.2) is 41.3 Å². The average molecular weight is 324 g/mol. The monoisotopic (exact) mass is 324 g/mol. The van der Waals surface area contributed by atoms with Gasteiger partial charge in [0.15, 0.2) is 11.5 Å². The molecular formula is C16H16N6O2. The molecule has 1 aliphatic rings. The lowest BCUT2D eigenvalue weighted by atomic mass is 10.3. The number of rotatable bonds is 4. The van der Waals surface area contributed by atoms with Crippen molar-refractivity contribution in [3.8, 4) is 11.5 Å². The van der Waals surface area contributed by atoms with E-state index in [9.17, 15) is 4.79 Å². The molecule has 0 aliphatic carbocycles. The van der Waals surface area contributed by atoms with Gasteiger partial charge in [-0.25, -0.2) is 9.97 Å². The third-order valence-corrected chi connectivity index (χ3v) is 3.92. The minimum atomic E-state index is -0.338. The lowest BCUT2D eigenvalue weighted by Gasteiger charge is -2.16. The van der Waals surface area contributed by atoms with Gasteiger partial charge in [-0.05, 0) is 25.0 Å². The Morgan fingerprint density at radius 2 is 2.12 bits per heavy atom. The number of furan rings is 1. The summed E-state index contributed by atoms with van der Waals surface area (Å²) in [6.07, 6.45) is 5.35. The number of anilines is 2. The topological polar surface area (TPSA) is 99.9 Å². The van der Waals surface area contributed by atoms with E-state index in [0.717, 1.165) is 31.7 Å². The number of hydrogen-bond donors (Lipinski definition) is 2. The standard InChI is InChI=1S/C16H16N6O2/c23-16(12-8-11(20-21-12)13-4-3-7-24-13)19-14-9-15(18-10-17-14)22-5-1-2-6-22/h3-4,7-10H,1-2,5-6H2,(H,20,21)(H,17,18,19,23). The summed E-state index contributed by atoms with van der Waals surface area (Å²) in [5.74, 6) is 1.57. The molecule has 1 amide bonds. The predicted octanol–water partition coefficient (Wildman–Crippen LogP) is 2.31. The fourth-order valence-corrected chi connectivity index (χ4v) is 2.71. The highest BCUT2D eigenvalue weighted by atomic mass is 16.3. The summed E-state index contributed by atoms with van der Waals surface area (Å²) in [5.41, 5.74) is 0.910. The lowest BCUT2D eigenvalue weighted by Crippen LogP contribution is -2.20. The van der Waals surface area contributed by atoms with E-state index in [1.54, 1.807) is 30.5 Å². The van der Waals surface area contributed by atoms with Crippen LogP contribution < -0.4 is 10.2 Å². The van der Waals surface area contributed by atoms with Gasteiger partial charge >= 0.3 is 0 Å². The Balaban J connectivity index is 1.49. The van der Waals surface area contributed by atoms with Gasteiger partial charge in [-0.2, -0.15) is 5.10 Å². The second-order valence-corrected chi connectivity index (χ2v) is 5.55. The van der Waals surface area contributed by atoms with Crippen LogP contribution in [0.4, 0.5) is 11.6 Å². The molecule has 24 heavy (non-hydrogen) atoms. The van der Waals surface area contributed by atoms with Gasteiger partial charge in [0.2, 0.25) is 0 Å². The number of amides is 1. The molecule has 0 aromatic carbocycles. The molecule has 4 heterocycles. The van der Waals surface area contributed by atoms with Gasteiger partial charge in [0, 0.05) is 25.2 Å². The molecule has 2 N–H and O–H groups in total. The van der Waals surface area contributed by atoms with Crippen molar-refractivity contribution in [3.05, 3.63) is 42.5 Å². The molecular weight excluding hydrogens is 308 g/mol. The highest BCUT2D eigenvalue weighted by Crippen LogP contribution is 2.21. The molecule has 0 saturated carbocycles. The van der Waals surface area contributed by atoms with Gasteiger partial charge in [0.1, 0.15) is 23.7 Å². The molecule has 3 aromatic heterocycles. The predicted molar refractivity (Wildman–Crippen MR) is 87.7 cm³/mol. The molecule has 1 saturated heterocycles. The van der Waals surface area contributed by atoms with E-state index in [4.69, 9.17) is 4.42 Å². The summed E-state index contributed by atoms with van der Waals surface area (Å²) in [6, 6.07) is 6.98. The summed E-state index contributed by atoms with van der Waals surface area (Å²) < 4.78 is 5.27. The number of H-pyrrole nitrogens is 1. The molecule has 0 spiro atoms. The van der Waals surface area contributed by atoms with Gasteiger partial charge in [-0.3, -0.25) is 9.89 Å². The van der Waals surface area contributed by atoms with E-state index < -0.39 is 0 Å². The molecule has 0 unspecified atom stereocenters. The van der Waals surface area contributed by atoms with Crippen molar-refractivity contribution < 1.29 is 9.21 Å². The highest BCUT2D eigenvalue weighted by Gasteiger charge is 2.16. The first-order chi connectivity index (χ1) is 11.8. The minimum absolute atomic E-state index is 0.266. The van der Waals surface area contributed by atoms with E-state index in [0.29, 0.717) is 17.3 Å². The summed E-state index contributed by atoms with van der Waals surface area (Å²) in [5, 5.41) is 9.55. The van der Waals surface area contributed by atoms with Crippen molar-refractivity contribution in [1.82, 2.24) is 20.2 Å². The number of aromatic amines is 1. The molecule has 0 radical (unpaired) electrons. The van der Waals surface area contributed by atoms with E-state index >= 15 is 0 Å². The maximum Gasteiger partial charge on any atom is 0.277 e. The maximum absolute atomic E-state index is 12.3. The molecule has 1 fully saturated rings. The molecule has 8 heteroatoms. The second kappa shape index (κ2) is 6.15. The Bertz CT molecular complexity index is 836. The van der Waals surface area contributed by atoms with Crippen molar-refractivity contribution in [2.75, 3.05) is 23.3 Å². The summed E-state index contributed by atoms with van der Waals surface area (Å²) >= 11 is 0. The van der Waals surface area contributed by atoms with Crippen LogP contribution in [-0.2, 0) is 0 Å². The molecule has 0 bridgehead atoms. The zero-order chi connectivity index (χ0) is 16.4. The quantitative estimate of drug-likeness (QED) is 0.764. The Labute approximate surface area is 137 Å². The first kappa shape index (κ1) is 14.4. The van der Waals surface area contributed by atoms with Crippen LogP contribution in [-0.4, -0.2) is 39.2 Å². The van der Waals surface area contributed by atoms with Crippen molar-refractivity contribution in [2.24, 2.45) is 0 Å². The van der Waals surface area contributed by atoms with Crippen LogP contribution >= 0.6 is 0 Å². The third-order valence-electron chi connectivity index (χ3n) is 3.92. The number of carbonyl (C=O) groups excluding carboxylic acids is 1. The van der Waals surface area contributed by atoms with Crippen LogP contribution in [0.2, 0.25) is 0 Å². The van der Waals surface area contributed by atoms with E-state index in [1.165, 1.54) is 6.33 Å². The van der Waals surface area contributed by atoms with Gasteiger partial charge in [-0.15, -0.1) is 0 Å². The van der Waals surface area contributed by atoms with Crippen LogP contribution in [0.3, 0.4) is 0 Å². The van der Waals surface area contributed by atoms with Crippen molar-refractivity contribution in [1.29, 1.82) is 0 Å². The van der Waals surface area contributed by atoms with Gasteiger partial charge in [0.25, 0.3) is 5.91 Å². The van der Waals surface area contributed by atoms with Crippen molar-refractivity contribution in [3.63, 3.8) is 0 Å². The summed E-state index contributed by atoms with van der Waals surface area (Å²) in [4.78, 5) is 22.9. The molecule has 3 aromatic rings. The van der Waals surface area contributed by atoms with E-state index in [-0.39, 0.29) is 11.6 Å². The fourth-order valence-electron chi connectivity index (χ4n) is 2.71. The fraction of sp³-hybridized carbons (Fsp3) is 0.250. The van der Waals surface area contributed by atoms with Crippen molar-refractivity contribution >= 4 is 17.5 Å². The smallest absolute Gasteiger partial charge is 0.277 e. The van der Waals surface area contributed by atoms with Gasteiger partial charge in [0.05, 0.1) is 6.26 Å². The lowest BCUT2D eigenvalue weighted by molar-refractivity contribution is 0.102. The SMILES string of the molecule is O=C(Nc1cc(N2CCCC2)ncn1)c1cc(-c2ccco2)[nH]n1. The van der Waals surface area contributed by atoms with E-state index in [2.05, 4.69) is 30.4 Å². The van der Waals surface area contributed by atoms with Crippen LogP contribution in [0.5, 0.6) is 0 Å². The normalized spacial score (nSPS) is 14.1. The Hall–Kier alpha value is -3.16. The summed E-state index contributed by atoms with van der Waals surface area (Å²) in [7, 11) is 0. The zero-order valence-electron chi connectivity index (χ0n) is 12.9. The van der Waals surface area contributed by atoms with Crippen LogP contribution in [0, 0.1) is 0 Å². The number of nitrogens with one attached hydrogen (secondary N) is 2. The number of hydrogen-bond acceptors (Lipinski definition) is 6. The van der Waals surface area contributed by atoms with E-state index in [1.807, 2.05) is 0 Å². The molecule has 1 aliphatic heterocycles. The molecule has 0 atom stereocenters. The minimum Gasteiger partial charge on any atom is -0.463 e. The number of carbonyl (C=O) groups is 1. The van der Waals surface area contributed by atoms with Gasteiger partial charge < -0.3 is 14.6 Å². The number of aromatic nitrogens is 4. The third kappa shape index (κ3) is 2.85. The summed E-state index contributed by atoms with van der Waals surface area (Å²) in [6.45, 7) is 1.96. The Morgan fingerprint density at radius 1 is 1.25 bits per heavy atom. The maximum atomic E-state index is 12.3. The largest absolute Gasteiger partial charge is 0.463 e. The average Bonchev–Trinajstić information content (AvgIpc) is 3.36. The molecule has 122 valence electrons. The molecule has 8 nitrogen and oxygen atoms in total. The van der Waals surface area contributed by atoms with Crippen LogP contribution in [0.1, 0.15) is 23.3 Å². The first-order valence-electron chi connectivity index (χ1n) is 7.77. The van der Waals surface area contributed by atoms with Gasteiger partial charge in [-0.1, -0.05) is 0 Å². The Kier molecular flexibility index (Phi) is 3.70. The van der Waals surface area contributed by atoms with Crippen molar-refractivity contribution in [2.45, 2.75) is 12.8 Å². The zero-order valence-corrected chi connectivity index (χ0v) is 12.9. The second-order valence-electron chi connectivity index (χ2n) is 5.55.